The van der Waals surface area contributed by atoms with Gasteiger partial charge in [-0.2, -0.15) is 0 Å². The Hall–Kier alpha value is -0.830. The van der Waals surface area contributed by atoms with Crippen LogP contribution < -0.4 is 4.90 Å². The van der Waals surface area contributed by atoms with Crippen LogP contribution in [0.5, 0.6) is 0 Å². The zero-order valence-electron chi connectivity index (χ0n) is 10.1. The number of hydrogen-bond acceptors (Lipinski definition) is 3. The van der Waals surface area contributed by atoms with E-state index in [4.69, 9.17) is 11.6 Å². The first-order valence-electron chi connectivity index (χ1n) is 5.86. The van der Waals surface area contributed by atoms with Crippen molar-refractivity contribution >= 4 is 17.4 Å². The maximum absolute atomic E-state index is 6.12. The lowest BCUT2D eigenvalue weighted by atomic mass is 10.3. The monoisotopic (exact) mass is 239 g/mol. The molecule has 1 aromatic heterocycles. The molecule has 0 aromatic carbocycles. The van der Waals surface area contributed by atoms with Gasteiger partial charge >= 0.3 is 0 Å². The summed E-state index contributed by atoms with van der Waals surface area (Å²) in [6.45, 7) is 5.11. The Morgan fingerprint density at radius 3 is 2.62 bits per heavy atom. The summed E-state index contributed by atoms with van der Waals surface area (Å²) in [5.41, 5.74) is 0.988. The van der Waals surface area contributed by atoms with Gasteiger partial charge in [0.05, 0.1) is 0 Å². The maximum Gasteiger partial charge on any atom is 0.137 e. The molecule has 0 spiro atoms. The summed E-state index contributed by atoms with van der Waals surface area (Å²) in [6.07, 6.45) is 3.52. The summed E-state index contributed by atoms with van der Waals surface area (Å²) in [5, 5.41) is 0.587. The van der Waals surface area contributed by atoms with Crippen LogP contribution >= 0.6 is 11.6 Å². The van der Waals surface area contributed by atoms with Crippen LogP contribution in [-0.4, -0.2) is 23.6 Å². The molecule has 0 saturated heterocycles. The number of nitrogens with zero attached hydrogens (tertiary/aromatic N) is 3. The molecule has 0 N–H and O–H groups in total. The van der Waals surface area contributed by atoms with Gasteiger partial charge in [-0.05, 0) is 25.7 Å². The Labute approximate surface area is 102 Å². The Morgan fingerprint density at radius 2 is 2.06 bits per heavy atom. The van der Waals surface area contributed by atoms with Crippen molar-refractivity contribution in [2.24, 2.45) is 5.92 Å². The van der Waals surface area contributed by atoms with Crippen LogP contribution in [-0.2, 0) is 6.42 Å². The zero-order valence-corrected chi connectivity index (χ0v) is 10.9. The van der Waals surface area contributed by atoms with Crippen molar-refractivity contribution in [3.05, 3.63) is 16.5 Å². The highest BCUT2D eigenvalue weighted by Crippen LogP contribution is 2.32. The molecule has 0 unspecified atom stereocenters. The van der Waals surface area contributed by atoms with Gasteiger partial charge in [0.2, 0.25) is 0 Å². The first kappa shape index (κ1) is 11.6. The summed E-state index contributed by atoms with van der Waals surface area (Å²) in [6, 6.07) is 0. The third-order valence-corrected chi connectivity index (χ3v) is 3.38. The Kier molecular flexibility index (Phi) is 3.33. The molecule has 0 amide bonds. The fraction of sp³-hybridized carbons (Fsp3) is 0.667. The van der Waals surface area contributed by atoms with Crippen LogP contribution in [0, 0.1) is 12.8 Å². The minimum atomic E-state index is 0.587. The average molecular weight is 240 g/mol. The molecule has 1 heterocycles. The molecule has 0 aliphatic heterocycles. The van der Waals surface area contributed by atoms with Crippen LogP contribution in [0.4, 0.5) is 5.82 Å². The van der Waals surface area contributed by atoms with Crippen molar-refractivity contribution in [2.75, 3.05) is 18.5 Å². The Bertz CT molecular complexity index is 388. The molecular weight excluding hydrogens is 222 g/mol. The molecule has 0 bridgehead atoms. The highest BCUT2D eigenvalue weighted by Gasteiger charge is 2.24. The summed E-state index contributed by atoms with van der Waals surface area (Å²) < 4.78 is 0. The van der Waals surface area contributed by atoms with Gasteiger partial charge in [0.1, 0.15) is 16.8 Å². The molecule has 1 aromatic rings. The van der Waals surface area contributed by atoms with E-state index < -0.39 is 0 Å². The molecule has 16 heavy (non-hydrogen) atoms. The van der Waals surface area contributed by atoms with E-state index in [1.165, 1.54) is 12.8 Å². The first-order valence-corrected chi connectivity index (χ1v) is 6.23. The third-order valence-electron chi connectivity index (χ3n) is 3.01. The van der Waals surface area contributed by atoms with Gasteiger partial charge < -0.3 is 4.90 Å². The molecule has 4 heteroatoms. The number of anilines is 1. The van der Waals surface area contributed by atoms with E-state index >= 15 is 0 Å². The predicted octanol–water partition coefficient (Wildman–Crippen LogP) is 2.85. The van der Waals surface area contributed by atoms with E-state index in [1.807, 2.05) is 13.8 Å². The molecular formula is C12H18ClN3. The number of hydrogen-bond donors (Lipinski definition) is 0. The normalized spacial score (nSPS) is 15.2. The SMILES string of the molecule is CCc1nc(Cl)c(C)c(N(C)CC2CC2)n1. The number of halogens is 1. The third kappa shape index (κ3) is 2.46. The van der Waals surface area contributed by atoms with Crippen molar-refractivity contribution in [3.8, 4) is 0 Å². The van der Waals surface area contributed by atoms with Gasteiger partial charge in [-0.25, -0.2) is 9.97 Å². The number of aromatic nitrogens is 2. The van der Waals surface area contributed by atoms with Gasteiger partial charge in [-0.15, -0.1) is 0 Å². The second-order valence-electron chi connectivity index (χ2n) is 4.56. The van der Waals surface area contributed by atoms with Gasteiger partial charge in [-0.1, -0.05) is 18.5 Å². The molecule has 3 nitrogen and oxygen atoms in total. The molecule has 0 atom stereocenters. The molecule has 0 radical (unpaired) electrons. The standard InChI is InChI=1S/C12H18ClN3/c1-4-10-14-11(13)8(2)12(15-10)16(3)7-9-5-6-9/h9H,4-7H2,1-3H3. The van der Waals surface area contributed by atoms with Crippen molar-refractivity contribution in [1.82, 2.24) is 9.97 Å². The molecule has 88 valence electrons. The molecule has 1 saturated carbocycles. The van der Waals surface area contributed by atoms with Crippen LogP contribution in [0.3, 0.4) is 0 Å². The van der Waals surface area contributed by atoms with E-state index in [0.717, 1.165) is 36.1 Å². The molecule has 1 aliphatic rings. The lowest BCUT2D eigenvalue weighted by Gasteiger charge is -2.20. The van der Waals surface area contributed by atoms with E-state index in [0.29, 0.717) is 5.15 Å². The second-order valence-corrected chi connectivity index (χ2v) is 4.91. The van der Waals surface area contributed by atoms with E-state index in [1.54, 1.807) is 0 Å². The predicted molar refractivity (Wildman–Crippen MR) is 67.2 cm³/mol. The van der Waals surface area contributed by atoms with Gasteiger partial charge in [-0.3, -0.25) is 0 Å². The highest BCUT2D eigenvalue weighted by molar-refractivity contribution is 6.30. The lowest BCUT2D eigenvalue weighted by molar-refractivity contribution is 0.765. The smallest absolute Gasteiger partial charge is 0.137 e. The van der Waals surface area contributed by atoms with Crippen LogP contribution in [0.2, 0.25) is 5.15 Å². The highest BCUT2D eigenvalue weighted by atomic mass is 35.5. The van der Waals surface area contributed by atoms with Gasteiger partial charge in [0, 0.05) is 25.6 Å². The van der Waals surface area contributed by atoms with Gasteiger partial charge in [0.25, 0.3) is 0 Å². The van der Waals surface area contributed by atoms with Crippen LogP contribution in [0.1, 0.15) is 31.2 Å². The summed E-state index contributed by atoms with van der Waals surface area (Å²) in [7, 11) is 2.09. The lowest BCUT2D eigenvalue weighted by Crippen LogP contribution is -2.23. The van der Waals surface area contributed by atoms with Crippen molar-refractivity contribution in [1.29, 1.82) is 0 Å². The Morgan fingerprint density at radius 1 is 1.38 bits per heavy atom. The topological polar surface area (TPSA) is 29.0 Å². The van der Waals surface area contributed by atoms with Crippen molar-refractivity contribution in [2.45, 2.75) is 33.1 Å². The van der Waals surface area contributed by atoms with Crippen LogP contribution in [0.15, 0.2) is 0 Å². The second kappa shape index (κ2) is 4.58. The largest absolute Gasteiger partial charge is 0.359 e. The quantitative estimate of drug-likeness (QED) is 0.757. The van der Waals surface area contributed by atoms with Crippen molar-refractivity contribution in [3.63, 3.8) is 0 Å². The molecule has 2 rings (SSSR count). The number of aryl methyl sites for hydroxylation is 1. The fourth-order valence-corrected chi connectivity index (χ4v) is 2.01. The Balaban J connectivity index is 2.25. The summed E-state index contributed by atoms with van der Waals surface area (Å²) in [5.74, 6) is 2.67. The summed E-state index contributed by atoms with van der Waals surface area (Å²) >= 11 is 6.12. The summed E-state index contributed by atoms with van der Waals surface area (Å²) in [4.78, 5) is 11.0. The maximum atomic E-state index is 6.12. The first-order chi connectivity index (χ1) is 7.61. The minimum Gasteiger partial charge on any atom is -0.359 e. The molecule has 1 fully saturated rings. The zero-order chi connectivity index (χ0) is 11.7. The van der Waals surface area contributed by atoms with E-state index in [-0.39, 0.29) is 0 Å². The van der Waals surface area contributed by atoms with Crippen LogP contribution in [0.25, 0.3) is 0 Å². The van der Waals surface area contributed by atoms with E-state index in [2.05, 4.69) is 21.9 Å². The minimum absolute atomic E-state index is 0.587. The average Bonchev–Trinajstić information content (AvgIpc) is 3.05. The molecule has 1 aliphatic carbocycles. The van der Waals surface area contributed by atoms with Crippen molar-refractivity contribution < 1.29 is 0 Å². The number of rotatable bonds is 4. The fourth-order valence-electron chi connectivity index (χ4n) is 1.82. The van der Waals surface area contributed by atoms with Gasteiger partial charge in [0.15, 0.2) is 0 Å². The van der Waals surface area contributed by atoms with E-state index in [9.17, 15) is 0 Å².